The first-order chi connectivity index (χ1) is 8.45. The van der Waals surface area contributed by atoms with Crippen LogP contribution in [-0.4, -0.2) is 27.9 Å². The van der Waals surface area contributed by atoms with Crippen LogP contribution in [0.4, 0.5) is 5.69 Å². The highest BCUT2D eigenvalue weighted by atomic mass is 31.2. The minimum atomic E-state index is -2.65. The molecular weight excluding hydrogens is 249 g/mol. The minimum Gasteiger partial charge on any atom is -0.388 e. The van der Waals surface area contributed by atoms with E-state index in [1.807, 2.05) is 20.9 Å². The zero-order chi connectivity index (χ0) is 14.6. The molecule has 1 aromatic rings. The molecule has 1 rings (SSSR count). The third-order valence-electron chi connectivity index (χ3n) is 2.00. The molecule has 1 aromatic carbocycles. The van der Waals surface area contributed by atoms with Gasteiger partial charge in [-0.25, -0.2) is 0 Å². The van der Waals surface area contributed by atoms with E-state index in [0.717, 1.165) is 0 Å². The summed E-state index contributed by atoms with van der Waals surface area (Å²) in [5.74, 6) is 0. The fourth-order valence-electron chi connectivity index (χ4n) is 0.795. The van der Waals surface area contributed by atoms with E-state index in [9.17, 15) is 4.57 Å². The van der Waals surface area contributed by atoms with Crippen molar-refractivity contribution in [3.05, 3.63) is 29.8 Å². The number of benzene rings is 1. The van der Waals surface area contributed by atoms with E-state index < -0.39 is 7.60 Å². The normalized spacial score (nSPS) is 9.50. The Morgan fingerprint density at radius 3 is 1.67 bits per heavy atom. The fraction of sp³-hybridized carbons (Fsp3) is 0.538. The Morgan fingerprint density at radius 1 is 1.06 bits per heavy atom. The van der Waals surface area contributed by atoms with Gasteiger partial charge in [-0.3, -0.25) is 4.57 Å². The molecule has 0 spiro atoms. The van der Waals surface area contributed by atoms with Crippen molar-refractivity contribution in [2.24, 2.45) is 0 Å². The number of anilines is 1. The molecule has 0 atom stereocenters. The van der Waals surface area contributed by atoms with Crippen molar-refractivity contribution in [1.82, 2.24) is 0 Å². The summed E-state index contributed by atoms with van der Waals surface area (Å²) in [6.45, 7) is 7.49. The lowest BCUT2D eigenvalue weighted by molar-refractivity contribution is 0.282. The molecular formula is C13H26NO3P. The van der Waals surface area contributed by atoms with Crippen molar-refractivity contribution in [3.63, 3.8) is 0 Å². The van der Waals surface area contributed by atoms with E-state index in [2.05, 4.69) is 45.6 Å². The van der Waals surface area contributed by atoms with Gasteiger partial charge >= 0.3 is 7.60 Å². The average Bonchev–Trinajstić information content (AvgIpc) is 2.42. The first-order valence-electron chi connectivity index (χ1n) is 5.88. The van der Waals surface area contributed by atoms with Gasteiger partial charge in [-0.2, -0.15) is 0 Å². The molecule has 0 unspecified atom stereocenters. The number of hydrogen-bond donors (Lipinski definition) is 1. The number of rotatable bonds is 3. The highest BCUT2D eigenvalue weighted by Gasteiger charge is 2.08. The largest absolute Gasteiger partial charge is 0.388 e. The average molecular weight is 275 g/mol. The molecule has 0 heterocycles. The predicted molar refractivity (Wildman–Crippen MR) is 79.6 cm³/mol. The van der Waals surface area contributed by atoms with E-state index in [0.29, 0.717) is 0 Å². The van der Waals surface area contributed by atoms with Crippen LogP contribution in [0.25, 0.3) is 0 Å². The summed E-state index contributed by atoms with van der Waals surface area (Å²) >= 11 is 0. The van der Waals surface area contributed by atoms with Gasteiger partial charge in [-0.05, 0) is 19.1 Å². The molecule has 0 radical (unpaired) electrons. The minimum absolute atomic E-state index is 1.17. The van der Waals surface area contributed by atoms with Crippen molar-refractivity contribution < 1.29 is 13.6 Å². The molecule has 1 N–H and O–H groups in total. The smallest absolute Gasteiger partial charge is 0.327 e. The van der Waals surface area contributed by atoms with E-state index in [4.69, 9.17) is 0 Å². The van der Waals surface area contributed by atoms with Crippen molar-refractivity contribution in [3.8, 4) is 0 Å². The molecule has 0 aliphatic carbocycles. The maximum atomic E-state index is 10.5. The fourth-order valence-corrected chi connectivity index (χ4v) is 0.944. The first kappa shape index (κ1) is 19.5. The molecule has 0 aliphatic heterocycles. The third kappa shape index (κ3) is 10.3. The quantitative estimate of drug-likeness (QED) is 0.841. The molecule has 0 saturated carbocycles. The van der Waals surface area contributed by atoms with Gasteiger partial charge in [-0.15, -0.1) is 0 Å². The molecule has 106 valence electrons. The zero-order valence-electron chi connectivity index (χ0n) is 12.5. The van der Waals surface area contributed by atoms with Crippen molar-refractivity contribution >= 4 is 13.3 Å². The Hall–Kier alpha value is -0.830. The van der Waals surface area contributed by atoms with Crippen LogP contribution in [0.15, 0.2) is 24.3 Å². The highest BCUT2D eigenvalue weighted by molar-refractivity contribution is 7.52. The van der Waals surface area contributed by atoms with Crippen LogP contribution in [0.3, 0.4) is 0 Å². The second kappa shape index (κ2) is 11.3. The van der Waals surface area contributed by atoms with Gasteiger partial charge < -0.3 is 14.4 Å². The Bertz CT molecular complexity index is 331. The Labute approximate surface area is 111 Å². The van der Waals surface area contributed by atoms with E-state index in [-0.39, 0.29) is 0 Å². The van der Waals surface area contributed by atoms with Crippen LogP contribution < -0.4 is 5.32 Å². The van der Waals surface area contributed by atoms with Gasteiger partial charge in [-0.1, -0.05) is 31.5 Å². The molecule has 5 heteroatoms. The molecule has 18 heavy (non-hydrogen) atoms. The van der Waals surface area contributed by atoms with Crippen LogP contribution in [0.5, 0.6) is 0 Å². The van der Waals surface area contributed by atoms with Gasteiger partial charge in [0.15, 0.2) is 0 Å². The van der Waals surface area contributed by atoms with Crippen molar-refractivity contribution in [2.45, 2.75) is 20.8 Å². The summed E-state index contributed by atoms with van der Waals surface area (Å²) in [7, 11) is 1.97. The maximum Gasteiger partial charge on any atom is 0.327 e. The van der Waals surface area contributed by atoms with E-state index in [1.165, 1.54) is 32.1 Å². The van der Waals surface area contributed by atoms with E-state index in [1.54, 1.807) is 0 Å². The molecule has 0 saturated heterocycles. The summed E-state index contributed by atoms with van der Waals surface area (Å²) in [6.07, 6.45) is 0. The Kier molecular flexibility index (Phi) is 12.2. The molecule has 4 nitrogen and oxygen atoms in total. The van der Waals surface area contributed by atoms with Gasteiger partial charge in [0.05, 0.1) is 0 Å². The summed E-state index contributed by atoms with van der Waals surface area (Å²) in [5, 5.41) is 3.05. The summed E-state index contributed by atoms with van der Waals surface area (Å²) < 4.78 is 19.3. The molecule has 0 bridgehead atoms. The Balaban J connectivity index is 0. The van der Waals surface area contributed by atoms with Gasteiger partial charge in [0.1, 0.15) is 0 Å². The zero-order valence-corrected chi connectivity index (χ0v) is 13.4. The third-order valence-corrected chi connectivity index (χ3v) is 3.33. The molecule has 0 aromatic heterocycles. The highest BCUT2D eigenvalue weighted by Crippen LogP contribution is 2.40. The van der Waals surface area contributed by atoms with Gasteiger partial charge in [0, 0.05) is 33.6 Å². The van der Waals surface area contributed by atoms with Crippen LogP contribution in [0.2, 0.25) is 0 Å². The summed E-state index contributed by atoms with van der Waals surface area (Å²) in [4.78, 5) is 0. The standard InChI is InChI=1S/C8H11N.C3H9O3P.C2H6/c1-7-3-5-8(9-2)6-4-7;1-5-7(3,4)6-2;1-2/h3-6,9H,1-2H3;1-3H3;1-2H3. The SMILES string of the molecule is CC.CNc1ccc(C)cc1.COP(C)(=O)OC. The summed E-state index contributed by atoms with van der Waals surface area (Å²) in [6, 6.07) is 8.31. The lowest BCUT2D eigenvalue weighted by Gasteiger charge is -2.04. The van der Waals surface area contributed by atoms with Crippen LogP contribution in [0, 0.1) is 6.92 Å². The Morgan fingerprint density at radius 2 is 1.44 bits per heavy atom. The first-order valence-corrected chi connectivity index (χ1v) is 7.87. The number of hydrogen-bond acceptors (Lipinski definition) is 4. The number of aryl methyl sites for hydroxylation is 1. The van der Waals surface area contributed by atoms with Crippen molar-refractivity contribution in [1.29, 1.82) is 0 Å². The van der Waals surface area contributed by atoms with Gasteiger partial charge in [0.25, 0.3) is 0 Å². The summed E-state index contributed by atoms with van der Waals surface area (Å²) in [5.41, 5.74) is 2.47. The van der Waals surface area contributed by atoms with E-state index >= 15 is 0 Å². The second-order valence-electron chi connectivity index (χ2n) is 3.25. The van der Waals surface area contributed by atoms with Gasteiger partial charge in [0.2, 0.25) is 0 Å². The molecule has 0 amide bonds. The predicted octanol–water partition coefficient (Wildman–Crippen LogP) is 4.17. The number of nitrogens with one attached hydrogen (secondary N) is 1. The topological polar surface area (TPSA) is 47.6 Å². The molecule has 0 aliphatic rings. The van der Waals surface area contributed by atoms with Crippen LogP contribution in [-0.2, 0) is 13.6 Å². The second-order valence-corrected chi connectivity index (χ2v) is 5.53. The molecule has 0 fully saturated rings. The lowest BCUT2D eigenvalue weighted by Crippen LogP contribution is -1.85. The monoisotopic (exact) mass is 275 g/mol. The van der Waals surface area contributed by atoms with Crippen LogP contribution >= 0.6 is 7.60 Å². The maximum absolute atomic E-state index is 10.5. The van der Waals surface area contributed by atoms with Crippen LogP contribution in [0.1, 0.15) is 19.4 Å². The lowest BCUT2D eigenvalue weighted by atomic mass is 10.2. The van der Waals surface area contributed by atoms with Crippen molar-refractivity contribution in [2.75, 3.05) is 33.2 Å².